The molecule has 1 rings (SSSR count). The lowest BCUT2D eigenvalue weighted by atomic mass is 10.4. The molecule has 0 saturated heterocycles. The van der Waals surface area contributed by atoms with E-state index in [-0.39, 0.29) is 11.1 Å². The second-order valence-electron chi connectivity index (χ2n) is 2.94. The second-order valence-corrected chi connectivity index (χ2v) is 4.77. The zero-order valence-corrected chi connectivity index (χ0v) is 8.67. The Bertz CT molecular complexity index is 380. The lowest BCUT2D eigenvalue weighted by molar-refractivity contribution is 0.515. The van der Waals surface area contributed by atoms with E-state index >= 15 is 0 Å². The summed E-state index contributed by atoms with van der Waals surface area (Å²) >= 11 is 0. The van der Waals surface area contributed by atoms with E-state index < -0.39 is 10.0 Å². The minimum Gasteiger partial charge on any atom is -0.269 e. The van der Waals surface area contributed by atoms with E-state index in [0.29, 0.717) is 0 Å². The standard InChI is InChI=1S/C7H13N3O2S/c1-6(2)10-5-4-7(9-10)13(11,12)8-3/h4-6,8H,1-3H3. The number of rotatable bonds is 3. The van der Waals surface area contributed by atoms with Crippen molar-refractivity contribution in [3.63, 3.8) is 0 Å². The van der Waals surface area contributed by atoms with Crippen LogP contribution in [-0.2, 0) is 10.0 Å². The van der Waals surface area contributed by atoms with E-state index in [1.54, 1.807) is 10.9 Å². The molecule has 0 amide bonds. The third-order valence-electron chi connectivity index (χ3n) is 1.66. The van der Waals surface area contributed by atoms with Gasteiger partial charge < -0.3 is 0 Å². The molecule has 6 heteroatoms. The Kier molecular flexibility index (Phi) is 2.72. The topological polar surface area (TPSA) is 64.0 Å². The molecule has 0 atom stereocenters. The van der Waals surface area contributed by atoms with E-state index in [2.05, 4.69) is 9.82 Å². The molecule has 0 aliphatic heterocycles. The summed E-state index contributed by atoms with van der Waals surface area (Å²) in [6.45, 7) is 3.87. The van der Waals surface area contributed by atoms with Crippen molar-refractivity contribution < 1.29 is 8.42 Å². The molecule has 0 bridgehead atoms. The largest absolute Gasteiger partial charge is 0.269 e. The Morgan fingerprint density at radius 1 is 1.54 bits per heavy atom. The molecule has 0 aliphatic carbocycles. The van der Waals surface area contributed by atoms with Gasteiger partial charge in [0.15, 0.2) is 5.03 Å². The molecule has 0 saturated carbocycles. The third kappa shape index (κ3) is 2.07. The third-order valence-corrected chi connectivity index (χ3v) is 2.96. The highest BCUT2D eigenvalue weighted by atomic mass is 32.2. The van der Waals surface area contributed by atoms with Crippen molar-refractivity contribution in [2.75, 3.05) is 7.05 Å². The molecule has 74 valence electrons. The van der Waals surface area contributed by atoms with Crippen molar-refractivity contribution >= 4 is 10.0 Å². The number of hydrogen-bond acceptors (Lipinski definition) is 3. The molecule has 0 fully saturated rings. The number of hydrogen-bond donors (Lipinski definition) is 1. The normalized spacial score (nSPS) is 12.3. The van der Waals surface area contributed by atoms with Crippen molar-refractivity contribution in [3.05, 3.63) is 12.3 Å². The van der Waals surface area contributed by atoms with Gasteiger partial charge in [-0.1, -0.05) is 0 Å². The quantitative estimate of drug-likeness (QED) is 0.772. The Balaban J connectivity index is 3.06. The predicted molar refractivity (Wildman–Crippen MR) is 48.9 cm³/mol. The van der Waals surface area contributed by atoms with Crippen LogP contribution >= 0.6 is 0 Å². The summed E-state index contributed by atoms with van der Waals surface area (Å²) in [4.78, 5) is 0. The average Bonchev–Trinajstić information content (AvgIpc) is 2.52. The van der Waals surface area contributed by atoms with Crippen LogP contribution in [0.1, 0.15) is 19.9 Å². The van der Waals surface area contributed by atoms with Gasteiger partial charge in [0.2, 0.25) is 0 Å². The van der Waals surface area contributed by atoms with Crippen molar-refractivity contribution in [2.24, 2.45) is 0 Å². The molecule has 1 heterocycles. The van der Waals surface area contributed by atoms with Gasteiger partial charge in [0.05, 0.1) is 0 Å². The minimum absolute atomic E-state index is 0.0590. The zero-order valence-electron chi connectivity index (χ0n) is 7.85. The lowest BCUT2D eigenvalue weighted by Gasteiger charge is -2.03. The first-order valence-corrected chi connectivity index (χ1v) is 5.44. The molecule has 0 unspecified atom stereocenters. The molecule has 0 aromatic carbocycles. The predicted octanol–water partition coefficient (Wildman–Crippen LogP) is 0.372. The summed E-state index contributed by atoms with van der Waals surface area (Å²) in [7, 11) is -2.03. The number of nitrogens with zero attached hydrogens (tertiary/aromatic N) is 2. The second kappa shape index (κ2) is 3.47. The van der Waals surface area contributed by atoms with Crippen LogP contribution in [0.15, 0.2) is 17.3 Å². The van der Waals surface area contributed by atoms with Gasteiger partial charge in [-0.25, -0.2) is 13.1 Å². The highest BCUT2D eigenvalue weighted by Crippen LogP contribution is 2.08. The first-order chi connectivity index (χ1) is 5.97. The fourth-order valence-electron chi connectivity index (χ4n) is 0.856. The highest BCUT2D eigenvalue weighted by molar-refractivity contribution is 7.89. The van der Waals surface area contributed by atoms with Gasteiger partial charge in [0, 0.05) is 12.2 Å². The van der Waals surface area contributed by atoms with Crippen LogP contribution in [0.3, 0.4) is 0 Å². The van der Waals surface area contributed by atoms with Crippen LogP contribution in [0, 0.1) is 0 Å². The van der Waals surface area contributed by atoms with Gasteiger partial charge >= 0.3 is 0 Å². The van der Waals surface area contributed by atoms with Crippen LogP contribution in [0.25, 0.3) is 0 Å². The van der Waals surface area contributed by atoms with Gasteiger partial charge in [-0.15, -0.1) is 0 Å². The van der Waals surface area contributed by atoms with Gasteiger partial charge in [0.25, 0.3) is 10.0 Å². The summed E-state index contributed by atoms with van der Waals surface area (Å²) in [5.41, 5.74) is 0. The van der Waals surface area contributed by atoms with E-state index in [0.717, 1.165) is 0 Å². The SMILES string of the molecule is CNS(=O)(=O)c1ccn(C(C)C)n1. The van der Waals surface area contributed by atoms with Crippen molar-refractivity contribution in [1.29, 1.82) is 0 Å². The van der Waals surface area contributed by atoms with E-state index in [9.17, 15) is 8.42 Å². The molecular formula is C7H13N3O2S. The molecule has 13 heavy (non-hydrogen) atoms. The molecule has 0 aliphatic rings. The summed E-state index contributed by atoms with van der Waals surface area (Å²) in [6, 6.07) is 1.65. The van der Waals surface area contributed by atoms with E-state index in [1.807, 2.05) is 13.8 Å². The Labute approximate surface area is 77.8 Å². The van der Waals surface area contributed by atoms with E-state index in [1.165, 1.54) is 13.1 Å². The molecule has 1 N–H and O–H groups in total. The summed E-state index contributed by atoms with van der Waals surface area (Å²) in [5.74, 6) is 0. The molecule has 5 nitrogen and oxygen atoms in total. The minimum atomic E-state index is -3.39. The fraction of sp³-hybridized carbons (Fsp3) is 0.571. The van der Waals surface area contributed by atoms with Crippen molar-refractivity contribution in [2.45, 2.75) is 24.9 Å². The Hall–Kier alpha value is -0.880. The van der Waals surface area contributed by atoms with Gasteiger partial charge in [-0.05, 0) is 27.0 Å². The smallest absolute Gasteiger partial charge is 0.259 e. The lowest BCUT2D eigenvalue weighted by Crippen LogP contribution is -2.19. The zero-order chi connectivity index (χ0) is 10.1. The number of sulfonamides is 1. The summed E-state index contributed by atoms with van der Waals surface area (Å²) < 4.78 is 26.3. The maximum absolute atomic E-state index is 11.2. The Morgan fingerprint density at radius 2 is 2.15 bits per heavy atom. The average molecular weight is 203 g/mol. The van der Waals surface area contributed by atoms with Gasteiger partial charge in [-0.3, -0.25) is 4.68 Å². The van der Waals surface area contributed by atoms with Crippen molar-refractivity contribution in [1.82, 2.24) is 14.5 Å². The van der Waals surface area contributed by atoms with Crippen LogP contribution in [-0.4, -0.2) is 25.2 Å². The summed E-state index contributed by atoms with van der Waals surface area (Å²) in [5, 5.41) is 3.98. The molecular weight excluding hydrogens is 190 g/mol. The monoisotopic (exact) mass is 203 g/mol. The highest BCUT2D eigenvalue weighted by Gasteiger charge is 2.15. The fourth-order valence-corrected chi connectivity index (χ4v) is 1.51. The first kappa shape index (κ1) is 10.2. The Morgan fingerprint density at radius 3 is 2.54 bits per heavy atom. The first-order valence-electron chi connectivity index (χ1n) is 3.96. The van der Waals surface area contributed by atoms with Crippen LogP contribution < -0.4 is 4.72 Å². The van der Waals surface area contributed by atoms with Gasteiger partial charge in [0.1, 0.15) is 0 Å². The maximum atomic E-state index is 11.2. The molecule has 0 radical (unpaired) electrons. The van der Waals surface area contributed by atoms with Crippen LogP contribution in [0.2, 0.25) is 0 Å². The van der Waals surface area contributed by atoms with E-state index in [4.69, 9.17) is 0 Å². The summed E-state index contributed by atoms with van der Waals surface area (Å²) in [6.07, 6.45) is 1.65. The van der Waals surface area contributed by atoms with Crippen molar-refractivity contribution in [3.8, 4) is 0 Å². The molecule has 1 aromatic rings. The van der Waals surface area contributed by atoms with Crippen LogP contribution in [0.4, 0.5) is 0 Å². The number of aromatic nitrogens is 2. The molecule has 0 spiro atoms. The van der Waals surface area contributed by atoms with Gasteiger partial charge in [-0.2, -0.15) is 5.10 Å². The number of nitrogens with one attached hydrogen (secondary N) is 1. The molecule has 1 aromatic heterocycles. The van der Waals surface area contributed by atoms with Crippen LogP contribution in [0.5, 0.6) is 0 Å². The maximum Gasteiger partial charge on any atom is 0.259 e.